The van der Waals surface area contributed by atoms with Gasteiger partial charge in [0.1, 0.15) is 66.3 Å². The van der Waals surface area contributed by atoms with Gasteiger partial charge in [0, 0.05) is 130 Å². The van der Waals surface area contributed by atoms with Gasteiger partial charge in [-0.15, -0.1) is 0 Å². The highest BCUT2D eigenvalue weighted by Crippen LogP contribution is 2.41. The summed E-state index contributed by atoms with van der Waals surface area (Å²) >= 11 is 0. The molecule has 0 radical (unpaired) electrons. The zero-order valence-electron chi connectivity index (χ0n) is 84.8. The molecule has 12 aromatic rings. The lowest BCUT2D eigenvalue weighted by Crippen LogP contribution is -2.43. The van der Waals surface area contributed by atoms with Crippen LogP contribution in [0.25, 0.3) is 21.8 Å². The van der Waals surface area contributed by atoms with Gasteiger partial charge in [-0.25, -0.2) is 55.7 Å². The van der Waals surface area contributed by atoms with Crippen molar-refractivity contribution in [3.8, 4) is 0 Å². The fraction of sp³-hybridized carbons (Fsp3) is 0.513. The number of hydrogen-bond donors (Lipinski definition) is 0. The fourth-order valence-electron chi connectivity index (χ4n) is 23.0. The van der Waals surface area contributed by atoms with Crippen LogP contribution in [-0.4, -0.2) is 229 Å². The molecule has 4 atom stereocenters. The summed E-state index contributed by atoms with van der Waals surface area (Å²) in [6.07, 6.45) is 77.7. The predicted molar refractivity (Wildman–Crippen MR) is 569 cm³/mol. The first-order valence-corrected chi connectivity index (χ1v) is 59.4. The third-order valence-corrected chi connectivity index (χ3v) is 37.1. The lowest BCUT2D eigenvalue weighted by atomic mass is 9.85. The molecule has 5 fully saturated rings. The molecule has 10 aromatic heterocycles. The fourth-order valence-corrected chi connectivity index (χ4v) is 28.5. The van der Waals surface area contributed by atoms with Gasteiger partial charge in [0.2, 0.25) is 65.4 Å². The van der Waals surface area contributed by atoms with Crippen LogP contribution < -0.4 is 5.32 Å². The predicted octanol–water partition coefficient (Wildman–Crippen LogP) is 20.9. The van der Waals surface area contributed by atoms with Crippen molar-refractivity contribution in [3.63, 3.8) is 0 Å². The number of nitrogens with zero attached hydrogens (tertiary/aromatic N) is 21. The molecule has 0 N–H and O–H groups in total. The van der Waals surface area contributed by atoms with Gasteiger partial charge >= 0.3 is 0 Å². The molecule has 0 spiro atoms. The Morgan fingerprint density at radius 2 is 0.920 bits per heavy atom. The first kappa shape index (κ1) is 96.7. The number of imidazole rings is 2. The highest BCUT2D eigenvalue weighted by Gasteiger charge is 2.38. The van der Waals surface area contributed by atoms with Crippen molar-refractivity contribution in [1.29, 1.82) is 0 Å². The van der Waals surface area contributed by atoms with Crippen LogP contribution >= 0.6 is 15.1 Å². The largest absolute Gasteiger partial charge is 0.288 e. The summed E-state index contributed by atoms with van der Waals surface area (Å²) in [5.74, 6) is 6.46. The Balaban J connectivity index is 0.000000102. The van der Waals surface area contributed by atoms with Crippen LogP contribution in [0.5, 0.6) is 0 Å². The second kappa shape index (κ2) is 44.7. The summed E-state index contributed by atoms with van der Waals surface area (Å²) in [6.45, 7) is 35.8. The van der Waals surface area contributed by atoms with Gasteiger partial charge in [0.25, 0.3) is 0 Å². The minimum atomic E-state index is -1.16. The maximum atomic E-state index is 4.31. The minimum absolute atomic E-state index is 0.0364. The molecule has 2 aromatic carbocycles. The van der Waals surface area contributed by atoms with Crippen molar-refractivity contribution in [2.24, 2.45) is 5.92 Å². The lowest BCUT2D eigenvalue weighted by Gasteiger charge is -2.25. The second-order valence-electron chi connectivity index (χ2n) is 42.8. The number of rotatable bonds is 11. The van der Waals surface area contributed by atoms with Gasteiger partial charge in [-0.05, 0) is 199 Å². The number of fused-ring (bicyclic) bond motifs is 14. The van der Waals surface area contributed by atoms with Crippen molar-refractivity contribution in [1.82, 2.24) is 51.5 Å². The van der Waals surface area contributed by atoms with Crippen LogP contribution in [0.3, 0.4) is 0 Å². The zero-order chi connectivity index (χ0) is 94.5. The maximum Gasteiger partial charge on any atom is 0.224 e. The van der Waals surface area contributed by atoms with E-state index in [1.54, 1.807) is 10.6 Å². The average molecular weight is 1900 g/mol. The molecule has 27 rings (SSSR count). The van der Waals surface area contributed by atoms with E-state index in [0.717, 1.165) is 114 Å². The van der Waals surface area contributed by atoms with Crippen molar-refractivity contribution in [3.05, 3.63) is 239 Å². The second-order valence-corrected chi connectivity index (χ2v) is 51.9. The van der Waals surface area contributed by atoms with E-state index in [2.05, 4.69) is 399 Å². The van der Waals surface area contributed by atoms with E-state index in [0.29, 0.717) is 5.54 Å². The molecular formula is C113H159N21P2Si+10. The first-order valence-electron chi connectivity index (χ1n) is 52.7. The Bertz CT molecular complexity index is 6260. The molecule has 24 heteroatoms. The molecule has 21 nitrogen and oxygen atoms in total. The normalized spacial score (nSPS) is 19.9. The van der Waals surface area contributed by atoms with Crippen molar-refractivity contribution in [2.45, 2.75) is 350 Å². The molecule has 5 aliphatic carbocycles. The smallest absolute Gasteiger partial charge is 0.224 e. The Hall–Kier alpha value is -10.5. The highest BCUT2D eigenvalue weighted by atomic mass is 31.1. The van der Waals surface area contributed by atoms with Gasteiger partial charge in [0.15, 0.2) is 110 Å². The monoisotopic (exact) mass is 1900 g/mol. The molecule has 5 saturated carbocycles. The molecule has 10 aliphatic heterocycles. The third kappa shape index (κ3) is 23.5. The molecule has 137 heavy (non-hydrogen) atoms. The third-order valence-electron chi connectivity index (χ3n) is 31.2. The quantitative estimate of drug-likeness (QED) is 0.0950. The maximum absolute atomic E-state index is 4.31. The molecule has 4 unspecified atom stereocenters. The standard InChI is InChI=1S/C16H19N2.C13H19N2.C12H17N2.2C11H16N3.C11H19N2Si.C11H11N2.C10H16N2P.C10H15NP.C8H11N2/c1-2-7-14(8-3-1)17-11-15-10-13-6-4-5-9-16(13)18(15)12-17;1-11-5-2-3-7-13(11)15-9-12-6-4-8-14(12)10-15;1-2-5-11(6-3-1)14-9-12-7-4-8-13(12)10-14;1-2-4-10(5-3-1)13-7-11-6-12-8-14(11)9-13;1-2-4-10(5-3-1)14-8-11-12-6-7-13(11)9-14;1-5-12-8-10-6-7-11(13(10)9-12)14(2,3)4;1-12-7-10-6-9-4-2-3-5-11(9)13(10)8-12;1-3-9(4-2)12-6-10-5-11-7-13(10)8-12;1-10(2,3)11-7-9-5-4-6-12(9)8-11;1-2-9-6-8-4-3-5-10(8)7-9/h4-6,9-11,14H,1-3,7-8,12H2;4,6,8-9,11,13H,2-3,5,7,10H2,1H3;4,7-9,11H,1-3,5-6,10H2;2*6-8,10H,1-5,9H2;6-8H,5,9H2,1-4H3;2-7H,8H2,1H3;5-7,9H,3-4,8H2,1-2H3;4-7H,8H2,1-3H3;3-6H,2,7H2,1H3/q10*+1. The van der Waals surface area contributed by atoms with Crippen molar-refractivity contribution in [2.75, 3.05) is 20.1 Å². The SMILES string of the molecule is C1=[N+](C2CCCCC2)Cn2c1cc1ccccc12.C1=[N+](C2CCCCC2)Cn2cccc21.C1=[N+](C2CCCCC2)Cn2ccnc21.C1=[N+](C2CCCCC2)Cn2cncc21.CC(C)(C)[N+]1=Cc2cccp2C1.CC1CCCCC1[N+]1=Cc2cccn2C1.CCC(CC)[N+]1=Cc2cncp2C1.CC[N+]1=Cc2ccc([Si](C)(C)C)n2C1.CC[N+]1=Cc2cccn2C1.C[N+]1=Cc2cc3ccccc3n2C1. The Morgan fingerprint density at radius 1 is 0.409 bits per heavy atom. The van der Waals surface area contributed by atoms with Crippen molar-refractivity contribution >= 4 is 112 Å². The summed E-state index contributed by atoms with van der Waals surface area (Å²) < 4.78 is 42.9. The zero-order valence-corrected chi connectivity index (χ0v) is 87.6. The Kier molecular flexibility index (Phi) is 31.6. The van der Waals surface area contributed by atoms with Gasteiger partial charge in [-0.1, -0.05) is 115 Å². The van der Waals surface area contributed by atoms with E-state index in [9.17, 15) is 0 Å². The van der Waals surface area contributed by atoms with Crippen LogP contribution in [0.1, 0.15) is 279 Å². The lowest BCUT2D eigenvalue weighted by molar-refractivity contribution is -0.595. The van der Waals surface area contributed by atoms with Gasteiger partial charge < -0.3 is 0 Å². The molecule has 0 bridgehead atoms. The van der Waals surface area contributed by atoms with Crippen LogP contribution in [0.2, 0.25) is 19.6 Å². The van der Waals surface area contributed by atoms with E-state index < -0.39 is 8.07 Å². The molecular weight excluding hydrogens is 1740 g/mol. The van der Waals surface area contributed by atoms with E-state index in [4.69, 9.17) is 0 Å². The van der Waals surface area contributed by atoms with Crippen molar-refractivity contribution < 1.29 is 45.8 Å². The van der Waals surface area contributed by atoms with Gasteiger partial charge in [-0.2, -0.15) is 0 Å². The van der Waals surface area contributed by atoms with Crippen LogP contribution in [0, 0.1) is 5.92 Å². The summed E-state index contributed by atoms with van der Waals surface area (Å²) in [4.78, 5) is 12.6. The number of hydrogen-bond acceptors (Lipinski definition) is 3. The Labute approximate surface area is 819 Å². The highest BCUT2D eigenvalue weighted by molar-refractivity contribution is 7.50. The van der Waals surface area contributed by atoms with E-state index in [-0.39, 0.29) is 15.1 Å². The summed E-state index contributed by atoms with van der Waals surface area (Å²) in [7, 11) is 0.953. The minimum Gasteiger partial charge on any atom is -0.288 e. The number of aromatic nitrogens is 11. The summed E-state index contributed by atoms with van der Waals surface area (Å²) in [5, 5.41) is 7.27. The van der Waals surface area contributed by atoms with E-state index in [1.807, 2.05) is 24.9 Å². The number of para-hydroxylation sites is 2. The topological polar surface area (TPSA) is 108 Å². The first-order chi connectivity index (χ1) is 66.7. The van der Waals surface area contributed by atoms with Gasteiger partial charge in [-0.3, -0.25) is 41.5 Å². The average Bonchev–Trinajstić information content (AvgIpc) is 1.61. The van der Waals surface area contributed by atoms with E-state index >= 15 is 0 Å². The van der Waals surface area contributed by atoms with Crippen LogP contribution in [-0.2, 0) is 65.9 Å². The van der Waals surface area contributed by atoms with Crippen LogP contribution in [0.15, 0.2) is 183 Å². The molecule has 0 amide bonds. The molecule has 20 heterocycles. The summed E-state index contributed by atoms with van der Waals surface area (Å²) in [6, 6.07) is 48.3. The Morgan fingerprint density at radius 3 is 1.47 bits per heavy atom. The number of benzene rings is 2. The molecule has 720 valence electrons. The molecule has 0 saturated heterocycles. The molecule has 15 aliphatic rings. The van der Waals surface area contributed by atoms with Crippen LogP contribution in [0.4, 0.5) is 0 Å². The van der Waals surface area contributed by atoms with E-state index in [1.165, 1.54) is 246 Å². The van der Waals surface area contributed by atoms with Gasteiger partial charge in [0.05, 0.1) is 41.8 Å². The summed E-state index contributed by atoms with van der Waals surface area (Å²) in [5.41, 5.74) is 12.4.